The minimum Gasteiger partial charge on any atom is -0.258 e. The van der Waals surface area contributed by atoms with Crippen molar-refractivity contribution in [1.29, 1.82) is 0 Å². The second-order valence-corrected chi connectivity index (χ2v) is 8.72. The first kappa shape index (κ1) is 16.1. The van der Waals surface area contributed by atoms with Gasteiger partial charge in [-0.15, -0.1) is 21.5 Å². The smallest absolute Gasteiger partial charge is 0.256 e. The number of rotatable bonds is 2. The summed E-state index contributed by atoms with van der Waals surface area (Å²) in [6, 6.07) is 2.05. The van der Waals surface area contributed by atoms with E-state index in [-0.39, 0.29) is 0 Å². The average Bonchev–Trinajstić information content (AvgIpc) is 3.09. The molecule has 0 N–H and O–H groups in total. The van der Waals surface area contributed by atoms with Crippen LogP contribution in [0.15, 0.2) is 22.6 Å². The monoisotopic (exact) mass is 382 g/mol. The topological polar surface area (TPSA) is 68.9 Å². The summed E-state index contributed by atoms with van der Waals surface area (Å²) in [5.41, 5.74) is 3.48. The number of hydrogen-bond acceptors (Lipinski definition) is 7. The van der Waals surface area contributed by atoms with E-state index in [2.05, 4.69) is 32.1 Å². The van der Waals surface area contributed by atoms with E-state index in [0.717, 1.165) is 39.2 Å². The van der Waals surface area contributed by atoms with E-state index < -0.39 is 0 Å². The van der Waals surface area contributed by atoms with Gasteiger partial charge in [0.15, 0.2) is 0 Å². The van der Waals surface area contributed by atoms with Crippen molar-refractivity contribution in [1.82, 2.24) is 29.5 Å². The minimum atomic E-state index is 0.638. The standard InChI is InChI=1S/C18H18N6S2/c1-10-8-11(2)24-17(21-10)22-23-18(24)26-16-14-12-6-4-3-5-7-13(12)25-15(14)19-9-20-16/h8-9H,3-7H2,1-2H3. The predicted octanol–water partition coefficient (Wildman–Crippen LogP) is 4.17. The number of aryl methyl sites for hydroxylation is 4. The highest BCUT2D eigenvalue weighted by Crippen LogP contribution is 2.40. The Hall–Kier alpha value is -2.06. The van der Waals surface area contributed by atoms with Crippen molar-refractivity contribution in [2.75, 3.05) is 0 Å². The molecule has 26 heavy (non-hydrogen) atoms. The summed E-state index contributed by atoms with van der Waals surface area (Å²) < 4.78 is 2.00. The average molecular weight is 383 g/mol. The minimum absolute atomic E-state index is 0.638. The Morgan fingerprint density at radius 2 is 1.96 bits per heavy atom. The van der Waals surface area contributed by atoms with Gasteiger partial charge in [-0.3, -0.25) is 4.40 Å². The highest BCUT2D eigenvalue weighted by molar-refractivity contribution is 7.99. The molecule has 132 valence electrons. The number of fused-ring (bicyclic) bond motifs is 4. The summed E-state index contributed by atoms with van der Waals surface area (Å²) >= 11 is 3.39. The van der Waals surface area contributed by atoms with Crippen LogP contribution in [0.25, 0.3) is 16.0 Å². The van der Waals surface area contributed by atoms with Gasteiger partial charge >= 0.3 is 0 Å². The summed E-state index contributed by atoms with van der Waals surface area (Å²) in [4.78, 5) is 16.2. The van der Waals surface area contributed by atoms with Crippen molar-refractivity contribution < 1.29 is 0 Å². The molecule has 1 aliphatic carbocycles. The van der Waals surface area contributed by atoms with E-state index >= 15 is 0 Å². The highest BCUT2D eigenvalue weighted by Gasteiger charge is 2.21. The second kappa shape index (κ2) is 6.28. The number of nitrogens with zero attached hydrogens (tertiary/aromatic N) is 6. The van der Waals surface area contributed by atoms with Crippen molar-refractivity contribution >= 4 is 39.1 Å². The molecule has 4 heterocycles. The summed E-state index contributed by atoms with van der Waals surface area (Å²) in [6.45, 7) is 4.03. The van der Waals surface area contributed by atoms with E-state index in [0.29, 0.717) is 5.78 Å². The zero-order chi connectivity index (χ0) is 17.7. The van der Waals surface area contributed by atoms with E-state index in [4.69, 9.17) is 0 Å². The Bertz CT molecular complexity index is 1130. The number of thiophene rings is 1. The van der Waals surface area contributed by atoms with Gasteiger partial charge in [-0.1, -0.05) is 6.42 Å². The molecule has 0 saturated carbocycles. The van der Waals surface area contributed by atoms with Gasteiger partial charge in [0, 0.05) is 21.7 Å². The molecule has 0 saturated heterocycles. The highest BCUT2D eigenvalue weighted by atomic mass is 32.2. The third kappa shape index (κ3) is 2.59. The largest absolute Gasteiger partial charge is 0.258 e. The van der Waals surface area contributed by atoms with Crippen LogP contribution in [0.1, 0.15) is 41.1 Å². The van der Waals surface area contributed by atoms with Crippen LogP contribution in [-0.2, 0) is 12.8 Å². The van der Waals surface area contributed by atoms with Gasteiger partial charge in [0.25, 0.3) is 5.78 Å². The fourth-order valence-electron chi connectivity index (χ4n) is 3.67. The Morgan fingerprint density at radius 3 is 2.88 bits per heavy atom. The van der Waals surface area contributed by atoms with Gasteiger partial charge in [-0.05, 0) is 62.9 Å². The van der Waals surface area contributed by atoms with Crippen LogP contribution < -0.4 is 0 Å². The predicted molar refractivity (Wildman–Crippen MR) is 103 cm³/mol. The molecule has 1 aliphatic rings. The zero-order valence-electron chi connectivity index (χ0n) is 14.7. The molecule has 4 aromatic rings. The van der Waals surface area contributed by atoms with Crippen LogP contribution in [0.5, 0.6) is 0 Å². The van der Waals surface area contributed by atoms with Gasteiger partial charge in [-0.2, -0.15) is 0 Å². The van der Waals surface area contributed by atoms with Crippen molar-refractivity contribution in [3.63, 3.8) is 0 Å². The fraction of sp³-hybridized carbons (Fsp3) is 0.389. The summed E-state index contributed by atoms with van der Waals surface area (Å²) in [7, 11) is 0. The molecule has 0 fully saturated rings. The molecule has 5 rings (SSSR count). The molecular weight excluding hydrogens is 364 g/mol. The molecule has 0 spiro atoms. The lowest BCUT2D eigenvalue weighted by Gasteiger charge is -2.06. The number of aromatic nitrogens is 6. The van der Waals surface area contributed by atoms with Gasteiger partial charge in [0.05, 0.1) is 0 Å². The van der Waals surface area contributed by atoms with Crippen molar-refractivity contribution in [3.05, 3.63) is 34.2 Å². The van der Waals surface area contributed by atoms with Crippen molar-refractivity contribution in [2.45, 2.75) is 56.1 Å². The lowest BCUT2D eigenvalue weighted by Crippen LogP contribution is -1.98. The molecule has 0 unspecified atom stereocenters. The van der Waals surface area contributed by atoms with E-state index in [1.54, 1.807) is 18.1 Å². The molecule has 8 heteroatoms. The van der Waals surface area contributed by atoms with Crippen LogP contribution in [0.3, 0.4) is 0 Å². The van der Waals surface area contributed by atoms with E-state index in [9.17, 15) is 0 Å². The Morgan fingerprint density at radius 1 is 1.08 bits per heavy atom. The first-order valence-corrected chi connectivity index (χ1v) is 10.5. The van der Waals surface area contributed by atoms with Gasteiger partial charge < -0.3 is 0 Å². The van der Waals surface area contributed by atoms with Crippen LogP contribution >= 0.6 is 23.1 Å². The first-order valence-electron chi connectivity index (χ1n) is 8.83. The van der Waals surface area contributed by atoms with Gasteiger partial charge in [0.1, 0.15) is 16.2 Å². The molecule has 0 atom stereocenters. The molecule has 0 aliphatic heterocycles. The molecule has 0 amide bonds. The van der Waals surface area contributed by atoms with E-state index in [1.807, 2.05) is 28.7 Å². The van der Waals surface area contributed by atoms with Crippen LogP contribution in [0, 0.1) is 13.8 Å². The maximum atomic E-state index is 4.60. The third-order valence-corrected chi connectivity index (χ3v) is 6.97. The Labute approximate surface area is 159 Å². The molecule has 4 aromatic heterocycles. The van der Waals surface area contributed by atoms with Gasteiger partial charge in [0.2, 0.25) is 5.16 Å². The number of hydrogen-bond donors (Lipinski definition) is 0. The normalized spacial score (nSPS) is 14.7. The molecule has 0 aromatic carbocycles. The summed E-state index contributed by atoms with van der Waals surface area (Å²) in [5.74, 6) is 0.638. The third-order valence-electron chi connectivity index (χ3n) is 4.82. The maximum Gasteiger partial charge on any atom is 0.256 e. The maximum absolute atomic E-state index is 4.60. The Kier molecular flexibility index (Phi) is 3.90. The quantitative estimate of drug-likeness (QED) is 0.383. The first-order chi connectivity index (χ1) is 12.7. The Balaban J connectivity index is 1.65. The molecule has 0 radical (unpaired) electrons. The van der Waals surface area contributed by atoms with Crippen molar-refractivity contribution in [2.24, 2.45) is 0 Å². The SMILES string of the molecule is Cc1cc(C)n2c(Sc3ncnc4sc5c(c34)CCCCC5)nnc2n1. The zero-order valence-corrected chi connectivity index (χ0v) is 16.3. The second-order valence-electron chi connectivity index (χ2n) is 6.68. The molecular formula is C18H18N6S2. The lowest BCUT2D eigenvalue weighted by atomic mass is 10.1. The molecule has 0 bridgehead atoms. The fourth-order valence-corrected chi connectivity index (χ4v) is 5.96. The van der Waals surface area contributed by atoms with Crippen LogP contribution in [0.2, 0.25) is 0 Å². The summed E-state index contributed by atoms with van der Waals surface area (Å²) in [5, 5.41) is 11.6. The van der Waals surface area contributed by atoms with E-state index in [1.165, 1.54) is 35.1 Å². The van der Waals surface area contributed by atoms with Crippen LogP contribution in [0.4, 0.5) is 0 Å². The lowest BCUT2D eigenvalue weighted by molar-refractivity contribution is 0.713. The van der Waals surface area contributed by atoms with Crippen LogP contribution in [-0.4, -0.2) is 29.5 Å². The van der Waals surface area contributed by atoms with Crippen molar-refractivity contribution in [3.8, 4) is 0 Å². The molecule has 6 nitrogen and oxygen atoms in total. The van der Waals surface area contributed by atoms with Gasteiger partial charge in [-0.25, -0.2) is 15.0 Å². The summed E-state index contributed by atoms with van der Waals surface area (Å²) in [6.07, 6.45) is 7.77.